The van der Waals surface area contributed by atoms with Gasteiger partial charge >= 0.3 is 0 Å². The van der Waals surface area contributed by atoms with Gasteiger partial charge in [0.25, 0.3) is 5.56 Å². The maximum atomic E-state index is 14.0. The molecule has 0 saturated heterocycles. The molecule has 1 N–H and O–H groups in total. The number of fused-ring (bicyclic) bond motifs is 1. The molecule has 0 aliphatic carbocycles. The van der Waals surface area contributed by atoms with Crippen LogP contribution in [0.5, 0.6) is 0 Å². The first-order valence-corrected chi connectivity index (χ1v) is 14.6. The van der Waals surface area contributed by atoms with E-state index in [1.165, 1.54) is 5.56 Å². The van der Waals surface area contributed by atoms with Crippen LogP contribution in [0.3, 0.4) is 0 Å². The molecule has 0 fully saturated rings. The Morgan fingerprint density at radius 2 is 1.67 bits per heavy atom. The van der Waals surface area contributed by atoms with Crippen molar-refractivity contribution in [3.63, 3.8) is 0 Å². The summed E-state index contributed by atoms with van der Waals surface area (Å²) in [5.74, 6) is 0.585. The molecule has 0 bridgehead atoms. The number of aromatic nitrogens is 6. The molecule has 1 atom stereocenters. The molecule has 3 heterocycles. The zero-order chi connectivity index (χ0) is 29.8. The highest BCUT2D eigenvalue weighted by Crippen LogP contribution is 2.32. The molecule has 0 radical (unpaired) electrons. The normalized spacial score (nSPS) is 12.2. The minimum atomic E-state index is -0.588. The lowest BCUT2D eigenvalue weighted by Gasteiger charge is -2.31. The molecule has 43 heavy (non-hydrogen) atoms. The maximum Gasteiger partial charge on any atom is 0.253 e. The average Bonchev–Trinajstić information content (AvgIpc) is 3.49. The number of aryl methyl sites for hydroxylation is 4. The summed E-state index contributed by atoms with van der Waals surface area (Å²) >= 11 is 6.69. The van der Waals surface area contributed by atoms with Gasteiger partial charge in [-0.25, -0.2) is 4.68 Å². The highest BCUT2D eigenvalue weighted by atomic mass is 35.5. The third-order valence-corrected chi connectivity index (χ3v) is 8.20. The molecule has 3 aromatic heterocycles. The molecule has 8 nitrogen and oxygen atoms in total. The summed E-state index contributed by atoms with van der Waals surface area (Å²) < 4.78 is 1.81. The number of nitrogens with one attached hydrogen (secondary N) is 1. The summed E-state index contributed by atoms with van der Waals surface area (Å²) in [6.07, 6.45) is 4.33. The quantitative estimate of drug-likeness (QED) is 0.204. The van der Waals surface area contributed by atoms with Crippen LogP contribution in [0.15, 0.2) is 102 Å². The van der Waals surface area contributed by atoms with Gasteiger partial charge in [-0.1, -0.05) is 78.3 Å². The second-order valence-corrected chi connectivity index (χ2v) is 11.2. The lowest BCUT2D eigenvalue weighted by Crippen LogP contribution is -2.35. The number of benzene rings is 3. The molecule has 6 rings (SSSR count). The second kappa shape index (κ2) is 12.7. The van der Waals surface area contributed by atoms with Crippen molar-refractivity contribution in [2.24, 2.45) is 0 Å². The van der Waals surface area contributed by atoms with E-state index < -0.39 is 6.04 Å². The number of hydrogen-bond acceptors (Lipinski definition) is 6. The monoisotopic (exact) mass is 589 g/mol. The third-order valence-electron chi connectivity index (χ3n) is 7.83. The van der Waals surface area contributed by atoms with Crippen LogP contribution in [0, 0.1) is 13.8 Å². The molecule has 0 amide bonds. The molecule has 0 aliphatic heterocycles. The Hall–Kier alpha value is -4.66. The fraction of sp³-hybridized carbons (Fsp3) is 0.206. The van der Waals surface area contributed by atoms with Crippen LogP contribution in [0.4, 0.5) is 0 Å². The smallest absolute Gasteiger partial charge is 0.253 e. The first kappa shape index (κ1) is 28.5. The van der Waals surface area contributed by atoms with Gasteiger partial charge in [0.2, 0.25) is 0 Å². The van der Waals surface area contributed by atoms with Crippen molar-refractivity contribution in [2.45, 2.75) is 45.9 Å². The standard InChI is InChI=1S/C34H32ClN7O/c1-23-14-15-24(2)31-28(23)19-29(34(43)37-31)32(33-38-39-40-42(33)18-16-25-9-4-3-5-10-25)41(21-26-11-8-17-36-20-26)22-27-12-6-7-13-30(27)35/h3-15,17,19-20,32H,16,18,21-22H2,1-2H3,(H,37,43). The minimum absolute atomic E-state index is 0.181. The summed E-state index contributed by atoms with van der Waals surface area (Å²) in [4.78, 5) is 23.7. The SMILES string of the molecule is Cc1ccc(C)c2[nH]c(=O)c(C(c3nnnn3CCc3ccccc3)N(Cc3cccnc3)Cc3ccccc3Cl)cc12. The van der Waals surface area contributed by atoms with Crippen molar-refractivity contribution in [2.75, 3.05) is 0 Å². The van der Waals surface area contributed by atoms with Crippen LogP contribution < -0.4 is 5.56 Å². The Labute approximate surface area is 255 Å². The van der Waals surface area contributed by atoms with E-state index in [9.17, 15) is 4.79 Å². The van der Waals surface area contributed by atoms with Crippen LogP contribution in [0.1, 0.15) is 45.2 Å². The van der Waals surface area contributed by atoms with E-state index in [0.29, 0.717) is 36.0 Å². The zero-order valence-electron chi connectivity index (χ0n) is 24.1. The summed E-state index contributed by atoms with van der Waals surface area (Å²) in [5.41, 5.74) is 6.41. The summed E-state index contributed by atoms with van der Waals surface area (Å²) in [7, 11) is 0. The Balaban J connectivity index is 1.52. The van der Waals surface area contributed by atoms with E-state index in [-0.39, 0.29) is 5.56 Å². The first-order valence-electron chi connectivity index (χ1n) is 14.3. The van der Waals surface area contributed by atoms with Gasteiger partial charge in [0.05, 0.1) is 5.52 Å². The van der Waals surface area contributed by atoms with E-state index in [4.69, 9.17) is 11.6 Å². The van der Waals surface area contributed by atoms with Gasteiger partial charge in [-0.15, -0.1) is 5.10 Å². The van der Waals surface area contributed by atoms with Crippen molar-refractivity contribution in [3.05, 3.63) is 152 Å². The van der Waals surface area contributed by atoms with Gasteiger partial charge in [0.15, 0.2) is 5.82 Å². The highest BCUT2D eigenvalue weighted by Gasteiger charge is 2.31. The number of hydrogen-bond donors (Lipinski definition) is 1. The molecule has 0 aliphatic rings. The van der Waals surface area contributed by atoms with Crippen LogP contribution in [0.2, 0.25) is 5.02 Å². The lowest BCUT2D eigenvalue weighted by molar-refractivity contribution is 0.193. The highest BCUT2D eigenvalue weighted by molar-refractivity contribution is 6.31. The van der Waals surface area contributed by atoms with Crippen LogP contribution >= 0.6 is 11.6 Å². The Morgan fingerprint density at radius 3 is 2.47 bits per heavy atom. The van der Waals surface area contributed by atoms with E-state index in [2.05, 4.69) is 55.5 Å². The van der Waals surface area contributed by atoms with Crippen LogP contribution in [-0.4, -0.2) is 35.1 Å². The molecule has 0 spiro atoms. The Bertz CT molecular complexity index is 1900. The molecular weight excluding hydrogens is 558 g/mol. The topological polar surface area (TPSA) is 92.6 Å². The molecule has 3 aromatic carbocycles. The van der Waals surface area contributed by atoms with Gasteiger partial charge in [-0.2, -0.15) is 0 Å². The molecule has 216 valence electrons. The van der Waals surface area contributed by atoms with E-state index in [0.717, 1.165) is 39.6 Å². The Kier molecular flexibility index (Phi) is 8.40. The zero-order valence-corrected chi connectivity index (χ0v) is 24.9. The van der Waals surface area contributed by atoms with Crippen LogP contribution in [-0.2, 0) is 26.1 Å². The molecule has 9 heteroatoms. The predicted octanol–water partition coefficient (Wildman–Crippen LogP) is 6.21. The third kappa shape index (κ3) is 6.26. The molecule has 0 saturated carbocycles. The molecular formula is C34H32ClN7O. The van der Waals surface area contributed by atoms with Gasteiger partial charge in [0.1, 0.15) is 6.04 Å². The van der Waals surface area contributed by atoms with Crippen molar-refractivity contribution >= 4 is 22.5 Å². The first-order chi connectivity index (χ1) is 21.0. The average molecular weight is 590 g/mol. The predicted molar refractivity (Wildman–Crippen MR) is 169 cm³/mol. The minimum Gasteiger partial charge on any atom is -0.321 e. The van der Waals surface area contributed by atoms with Gasteiger partial charge in [0, 0.05) is 48.0 Å². The number of halogens is 1. The number of nitrogens with zero attached hydrogens (tertiary/aromatic N) is 6. The summed E-state index contributed by atoms with van der Waals surface area (Å²) in [5, 5.41) is 14.7. The van der Waals surface area contributed by atoms with Gasteiger partial charge in [-0.05, 0) is 76.7 Å². The van der Waals surface area contributed by atoms with Gasteiger partial charge in [-0.3, -0.25) is 14.7 Å². The van der Waals surface area contributed by atoms with E-state index in [1.54, 1.807) is 6.20 Å². The molecule has 6 aromatic rings. The van der Waals surface area contributed by atoms with Crippen LogP contribution in [0.25, 0.3) is 10.9 Å². The van der Waals surface area contributed by atoms with Crippen molar-refractivity contribution < 1.29 is 0 Å². The fourth-order valence-corrected chi connectivity index (χ4v) is 5.75. The number of H-pyrrole nitrogens is 1. The number of pyridine rings is 2. The maximum absolute atomic E-state index is 14.0. The Morgan fingerprint density at radius 1 is 0.907 bits per heavy atom. The summed E-state index contributed by atoms with van der Waals surface area (Å²) in [6.45, 7) is 5.55. The number of tetrazole rings is 1. The number of aromatic amines is 1. The second-order valence-electron chi connectivity index (χ2n) is 10.8. The largest absolute Gasteiger partial charge is 0.321 e. The van der Waals surface area contributed by atoms with Crippen molar-refractivity contribution in [3.8, 4) is 0 Å². The fourth-order valence-electron chi connectivity index (χ4n) is 5.55. The van der Waals surface area contributed by atoms with Crippen molar-refractivity contribution in [1.82, 2.24) is 35.1 Å². The molecule has 1 unspecified atom stereocenters. The lowest BCUT2D eigenvalue weighted by atomic mass is 9.98. The van der Waals surface area contributed by atoms with Gasteiger partial charge < -0.3 is 4.98 Å². The van der Waals surface area contributed by atoms with Crippen molar-refractivity contribution in [1.29, 1.82) is 0 Å². The summed E-state index contributed by atoms with van der Waals surface area (Å²) in [6, 6.07) is 27.5. The van der Waals surface area contributed by atoms with E-state index in [1.807, 2.05) is 84.5 Å². The number of rotatable bonds is 10. The van der Waals surface area contributed by atoms with E-state index >= 15 is 0 Å².